The van der Waals surface area contributed by atoms with E-state index < -0.39 is 0 Å². The predicted octanol–water partition coefficient (Wildman–Crippen LogP) is 5.07. The molecule has 8 heteroatoms. The fourth-order valence-corrected chi connectivity index (χ4v) is 3.15. The van der Waals surface area contributed by atoms with Crippen LogP contribution in [0.4, 0.5) is 17.3 Å². The summed E-state index contributed by atoms with van der Waals surface area (Å²) in [6, 6.07) is 11.9. The molecule has 0 atom stereocenters. The molecule has 3 aromatic rings. The predicted molar refractivity (Wildman–Crippen MR) is 117 cm³/mol. The Kier molecular flexibility index (Phi) is 5.25. The molecule has 0 unspecified atom stereocenters. The van der Waals surface area contributed by atoms with Crippen molar-refractivity contribution in [3.05, 3.63) is 47.3 Å². The topological polar surface area (TPSA) is 110 Å². The van der Waals surface area contributed by atoms with Crippen LogP contribution in [0.1, 0.15) is 58.5 Å². The molecule has 0 fully saturated rings. The van der Waals surface area contributed by atoms with E-state index in [0.29, 0.717) is 28.6 Å². The first-order chi connectivity index (χ1) is 13.9. The molecule has 0 aliphatic carbocycles. The number of nitriles is 1. The van der Waals surface area contributed by atoms with Gasteiger partial charge in [-0.15, -0.1) is 10.2 Å². The SMILES string of the molecule is Cn1nc(C(C)(C)C)c(C#N)c1N=Nc1c(C(C)(C)C)nn(-c2ccccc2)c1N. The minimum Gasteiger partial charge on any atom is -0.382 e. The Bertz CT molecular complexity index is 1130. The molecule has 0 aliphatic heterocycles. The van der Waals surface area contributed by atoms with Gasteiger partial charge in [-0.05, 0) is 12.1 Å². The first-order valence-electron chi connectivity index (χ1n) is 9.79. The molecule has 3 rings (SSSR count). The van der Waals surface area contributed by atoms with E-state index in [1.165, 1.54) is 0 Å². The zero-order valence-corrected chi connectivity index (χ0v) is 18.6. The third kappa shape index (κ3) is 3.83. The molecule has 0 bridgehead atoms. The number of rotatable bonds is 3. The summed E-state index contributed by atoms with van der Waals surface area (Å²) in [7, 11) is 1.76. The van der Waals surface area contributed by atoms with Crippen molar-refractivity contribution in [3.8, 4) is 11.8 Å². The molecule has 2 heterocycles. The van der Waals surface area contributed by atoms with Gasteiger partial charge in [0.15, 0.2) is 17.3 Å². The van der Waals surface area contributed by atoms with Gasteiger partial charge >= 0.3 is 0 Å². The lowest BCUT2D eigenvalue weighted by Crippen LogP contribution is -2.14. The fraction of sp³-hybridized carbons (Fsp3) is 0.409. The van der Waals surface area contributed by atoms with Crippen LogP contribution in [0.3, 0.4) is 0 Å². The summed E-state index contributed by atoms with van der Waals surface area (Å²) >= 11 is 0. The standard InChI is InChI=1S/C22H28N8/c1-21(2,3)17-15(13-23)20(29(7)27-17)26-25-16-18(22(4,5)6)28-30(19(16)24)14-11-9-8-10-12-14/h8-12H,24H2,1-7H3. The van der Waals surface area contributed by atoms with Gasteiger partial charge in [-0.25, -0.2) is 9.36 Å². The molecule has 0 aliphatic rings. The van der Waals surface area contributed by atoms with Crippen LogP contribution in [0.2, 0.25) is 0 Å². The lowest BCUT2D eigenvalue weighted by Gasteiger charge is -2.15. The molecule has 2 N–H and O–H groups in total. The van der Waals surface area contributed by atoms with Gasteiger partial charge in [0, 0.05) is 17.9 Å². The van der Waals surface area contributed by atoms with E-state index in [4.69, 9.17) is 10.8 Å². The Morgan fingerprint density at radius 1 is 0.933 bits per heavy atom. The van der Waals surface area contributed by atoms with Gasteiger partial charge in [0.25, 0.3) is 0 Å². The van der Waals surface area contributed by atoms with Gasteiger partial charge in [0.2, 0.25) is 0 Å². The highest BCUT2D eigenvalue weighted by molar-refractivity contribution is 5.66. The van der Waals surface area contributed by atoms with Crippen molar-refractivity contribution in [3.63, 3.8) is 0 Å². The van der Waals surface area contributed by atoms with Crippen LogP contribution in [-0.4, -0.2) is 19.6 Å². The van der Waals surface area contributed by atoms with Crippen molar-refractivity contribution < 1.29 is 0 Å². The Morgan fingerprint density at radius 2 is 1.53 bits per heavy atom. The van der Waals surface area contributed by atoms with Crippen molar-refractivity contribution in [2.45, 2.75) is 52.4 Å². The maximum atomic E-state index is 9.72. The van der Waals surface area contributed by atoms with Gasteiger partial charge in [-0.2, -0.15) is 15.5 Å². The van der Waals surface area contributed by atoms with Crippen LogP contribution in [0, 0.1) is 11.3 Å². The summed E-state index contributed by atoms with van der Waals surface area (Å²) in [5.74, 6) is 0.792. The molecule has 8 nitrogen and oxygen atoms in total. The van der Waals surface area contributed by atoms with Crippen molar-refractivity contribution in [1.82, 2.24) is 19.6 Å². The average Bonchev–Trinajstić information content (AvgIpc) is 3.17. The summed E-state index contributed by atoms with van der Waals surface area (Å²) < 4.78 is 3.25. The van der Waals surface area contributed by atoms with E-state index in [2.05, 4.69) is 21.4 Å². The van der Waals surface area contributed by atoms with Crippen LogP contribution in [0.5, 0.6) is 0 Å². The van der Waals surface area contributed by atoms with Crippen molar-refractivity contribution in [2.24, 2.45) is 17.3 Å². The molecular formula is C22H28N8. The van der Waals surface area contributed by atoms with Crippen LogP contribution in [0.25, 0.3) is 5.69 Å². The number of nitrogen functional groups attached to an aromatic ring is 1. The Hall–Kier alpha value is -3.47. The van der Waals surface area contributed by atoms with E-state index in [0.717, 1.165) is 11.4 Å². The number of benzene rings is 1. The highest BCUT2D eigenvalue weighted by Crippen LogP contribution is 2.38. The van der Waals surface area contributed by atoms with Gasteiger partial charge in [-0.3, -0.25) is 0 Å². The minimum atomic E-state index is -0.302. The summed E-state index contributed by atoms with van der Waals surface area (Å²) in [6.45, 7) is 12.2. The summed E-state index contributed by atoms with van der Waals surface area (Å²) in [6.07, 6.45) is 0. The number of aryl methyl sites for hydroxylation is 1. The molecule has 0 saturated carbocycles. The smallest absolute Gasteiger partial charge is 0.191 e. The average molecular weight is 405 g/mol. The first kappa shape index (κ1) is 21.2. The number of nitrogens with two attached hydrogens (primary N) is 1. The Balaban J connectivity index is 2.17. The second kappa shape index (κ2) is 7.41. The van der Waals surface area contributed by atoms with E-state index in [1.54, 1.807) is 16.4 Å². The highest BCUT2D eigenvalue weighted by atomic mass is 15.4. The van der Waals surface area contributed by atoms with Crippen molar-refractivity contribution in [1.29, 1.82) is 5.26 Å². The normalized spacial score (nSPS) is 12.5. The molecule has 30 heavy (non-hydrogen) atoms. The van der Waals surface area contributed by atoms with E-state index in [1.807, 2.05) is 71.9 Å². The van der Waals surface area contributed by atoms with E-state index >= 15 is 0 Å². The molecular weight excluding hydrogens is 376 g/mol. The number of hydrogen-bond donors (Lipinski definition) is 1. The van der Waals surface area contributed by atoms with E-state index in [9.17, 15) is 5.26 Å². The highest BCUT2D eigenvalue weighted by Gasteiger charge is 2.28. The third-order valence-electron chi connectivity index (χ3n) is 4.69. The van der Waals surface area contributed by atoms with Crippen molar-refractivity contribution in [2.75, 3.05) is 5.73 Å². The number of para-hydroxylation sites is 1. The van der Waals surface area contributed by atoms with Gasteiger partial charge < -0.3 is 5.73 Å². The maximum Gasteiger partial charge on any atom is 0.191 e. The molecule has 156 valence electrons. The van der Waals surface area contributed by atoms with Gasteiger partial charge in [0.05, 0.1) is 17.1 Å². The quantitative estimate of drug-likeness (QED) is 0.614. The van der Waals surface area contributed by atoms with Crippen LogP contribution < -0.4 is 5.73 Å². The molecule has 0 amide bonds. The fourth-order valence-electron chi connectivity index (χ4n) is 3.15. The minimum absolute atomic E-state index is 0.287. The zero-order valence-electron chi connectivity index (χ0n) is 18.6. The second-order valence-electron chi connectivity index (χ2n) is 9.31. The summed E-state index contributed by atoms with van der Waals surface area (Å²) in [5.41, 5.74) is 9.02. The largest absolute Gasteiger partial charge is 0.382 e. The Morgan fingerprint density at radius 3 is 2.07 bits per heavy atom. The Labute approximate surface area is 177 Å². The summed E-state index contributed by atoms with van der Waals surface area (Å²) in [4.78, 5) is 0. The number of azo groups is 1. The number of aromatic nitrogens is 4. The maximum absolute atomic E-state index is 9.72. The first-order valence-corrected chi connectivity index (χ1v) is 9.79. The van der Waals surface area contributed by atoms with Gasteiger partial charge in [-0.1, -0.05) is 59.7 Å². The number of hydrogen-bond acceptors (Lipinski definition) is 6. The van der Waals surface area contributed by atoms with Crippen LogP contribution >= 0.6 is 0 Å². The lowest BCUT2D eigenvalue weighted by molar-refractivity contribution is 0.552. The van der Waals surface area contributed by atoms with Crippen LogP contribution in [0.15, 0.2) is 40.6 Å². The van der Waals surface area contributed by atoms with Crippen molar-refractivity contribution >= 4 is 17.3 Å². The van der Waals surface area contributed by atoms with Crippen LogP contribution in [-0.2, 0) is 17.9 Å². The number of anilines is 1. The van der Waals surface area contributed by atoms with E-state index in [-0.39, 0.29) is 10.8 Å². The molecule has 0 spiro atoms. The second-order valence-corrected chi connectivity index (χ2v) is 9.31. The molecule has 1 aromatic carbocycles. The monoisotopic (exact) mass is 404 g/mol. The van der Waals surface area contributed by atoms with Gasteiger partial charge in [0.1, 0.15) is 11.6 Å². The summed E-state index contributed by atoms with van der Waals surface area (Å²) in [5, 5.41) is 27.8. The lowest BCUT2D eigenvalue weighted by atomic mass is 9.90. The zero-order chi connectivity index (χ0) is 22.3. The molecule has 0 radical (unpaired) electrons. The third-order valence-corrected chi connectivity index (χ3v) is 4.69. The molecule has 2 aromatic heterocycles. The number of nitrogens with zero attached hydrogens (tertiary/aromatic N) is 7. The molecule has 0 saturated heterocycles.